The molecule has 42 valence electrons. The molecule has 0 aromatic rings. The van der Waals surface area contributed by atoms with Crippen molar-refractivity contribution >= 4 is 0 Å². The van der Waals surface area contributed by atoms with Gasteiger partial charge in [0, 0.05) is 6.54 Å². The molecule has 0 atom stereocenters. The van der Waals surface area contributed by atoms with E-state index in [-0.39, 0.29) is 0 Å². The maximum absolute atomic E-state index is 5.29. The fourth-order valence-electron chi connectivity index (χ4n) is 0.432. The van der Waals surface area contributed by atoms with E-state index >= 15 is 0 Å². The molecule has 0 fully saturated rings. The molecule has 0 spiro atoms. The van der Waals surface area contributed by atoms with Crippen molar-refractivity contribution in [2.45, 2.75) is 20.3 Å². The Bertz CT molecular complexity index is 64.6. The van der Waals surface area contributed by atoms with E-state index in [4.69, 9.17) is 5.73 Å². The summed E-state index contributed by atoms with van der Waals surface area (Å²) in [4.78, 5) is 0. The van der Waals surface area contributed by atoms with Crippen LogP contribution in [0.2, 0.25) is 0 Å². The van der Waals surface area contributed by atoms with Gasteiger partial charge in [-0.05, 0) is 13.3 Å². The zero-order valence-corrected chi connectivity index (χ0v) is 5.07. The van der Waals surface area contributed by atoms with E-state index in [0.29, 0.717) is 6.54 Å². The van der Waals surface area contributed by atoms with Crippen LogP contribution in [0.1, 0.15) is 20.3 Å². The van der Waals surface area contributed by atoms with Gasteiger partial charge >= 0.3 is 0 Å². The van der Waals surface area contributed by atoms with Crippen molar-refractivity contribution < 1.29 is 0 Å². The van der Waals surface area contributed by atoms with E-state index in [1.165, 1.54) is 5.57 Å². The minimum absolute atomic E-state index is 0.702. The van der Waals surface area contributed by atoms with Crippen molar-refractivity contribution in [3.05, 3.63) is 11.6 Å². The van der Waals surface area contributed by atoms with Crippen LogP contribution >= 0.6 is 0 Å². The third-order valence-corrected chi connectivity index (χ3v) is 0.875. The van der Waals surface area contributed by atoms with Crippen LogP contribution in [0.15, 0.2) is 11.6 Å². The fourth-order valence-corrected chi connectivity index (χ4v) is 0.432. The molecule has 0 saturated carbocycles. The molecule has 7 heavy (non-hydrogen) atoms. The molecule has 0 aliphatic carbocycles. The van der Waals surface area contributed by atoms with Crippen LogP contribution in [-0.4, -0.2) is 6.54 Å². The molecule has 0 aliphatic heterocycles. The van der Waals surface area contributed by atoms with Crippen LogP contribution < -0.4 is 5.73 Å². The summed E-state index contributed by atoms with van der Waals surface area (Å²) in [7, 11) is 0. The standard InChI is InChI=1S/C6H13N/c1-3-4-6(2)5-7/h4H,3,5,7H2,1-2H3/b6-4+. The lowest BCUT2D eigenvalue weighted by Gasteiger charge is -1.88. The van der Waals surface area contributed by atoms with Crippen LogP contribution in [0.4, 0.5) is 0 Å². The lowest BCUT2D eigenvalue weighted by Crippen LogP contribution is -1.98. The van der Waals surface area contributed by atoms with Gasteiger partial charge in [-0.15, -0.1) is 0 Å². The Kier molecular flexibility index (Phi) is 3.71. The van der Waals surface area contributed by atoms with Gasteiger partial charge in [-0.25, -0.2) is 0 Å². The van der Waals surface area contributed by atoms with Crippen LogP contribution in [0.5, 0.6) is 0 Å². The predicted molar refractivity (Wildman–Crippen MR) is 33.1 cm³/mol. The first kappa shape index (κ1) is 6.70. The number of hydrogen-bond acceptors (Lipinski definition) is 1. The van der Waals surface area contributed by atoms with Crippen molar-refractivity contribution in [1.82, 2.24) is 0 Å². The lowest BCUT2D eigenvalue weighted by atomic mass is 10.2. The summed E-state index contributed by atoms with van der Waals surface area (Å²) in [6.07, 6.45) is 3.24. The second-order valence-corrected chi connectivity index (χ2v) is 1.66. The summed E-state index contributed by atoms with van der Waals surface area (Å²) in [6, 6.07) is 0. The SMILES string of the molecule is CC/C=C(\C)CN. The van der Waals surface area contributed by atoms with Gasteiger partial charge in [0.15, 0.2) is 0 Å². The maximum Gasteiger partial charge on any atom is 0.0134 e. The van der Waals surface area contributed by atoms with Gasteiger partial charge in [0.25, 0.3) is 0 Å². The van der Waals surface area contributed by atoms with E-state index in [9.17, 15) is 0 Å². The first-order valence-corrected chi connectivity index (χ1v) is 2.67. The van der Waals surface area contributed by atoms with E-state index in [1.807, 2.05) is 6.92 Å². The highest BCUT2D eigenvalue weighted by Crippen LogP contribution is 1.89. The smallest absolute Gasteiger partial charge is 0.0134 e. The van der Waals surface area contributed by atoms with E-state index in [0.717, 1.165) is 6.42 Å². The Morgan fingerprint density at radius 2 is 2.29 bits per heavy atom. The number of hydrogen-bond donors (Lipinski definition) is 1. The summed E-state index contributed by atoms with van der Waals surface area (Å²) >= 11 is 0. The highest BCUT2D eigenvalue weighted by molar-refractivity contribution is 4.97. The Hall–Kier alpha value is -0.300. The van der Waals surface area contributed by atoms with Crippen LogP contribution in [-0.2, 0) is 0 Å². The van der Waals surface area contributed by atoms with Crippen LogP contribution in [0, 0.1) is 0 Å². The Balaban J connectivity index is 3.29. The minimum atomic E-state index is 0.702. The van der Waals surface area contributed by atoms with E-state index in [2.05, 4.69) is 13.0 Å². The highest BCUT2D eigenvalue weighted by atomic mass is 14.5. The molecule has 0 aromatic heterocycles. The Morgan fingerprint density at radius 1 is 1.71 bits per heavy atom. The third-order valence-electron chi connectivity index (χ3n) is 0.875. The molecule has 0 bridgehead atoms. The monoisotopic (exact) mass is 99.1 g/mol. The molecule has 0 heterocycles. The Morgan fingerprint density at radius 3 is 2.43 bits per heavy atom. The summed E-state index contributed by atoms with van der Waals surface area (Å²) in [6.45, 7) is 4.86. The Labute approximate surface area is 45.2 Å². The fraction of sp³-hybridized carbons (Fsp3) is 0.667. The molecule has 1 nitrogen and oxygen atoms in total. The molecule has 0 unspecified atom stereocenters. The molecule has 0 amide bonds. The second-order valence-electron chi connectivity index (χ2n) is 1.66. The normalized spacial score (nSPS) is 12.1. The van der Waals surface area contributed by atoms with Gasteiger partial charge in [0.05, 0.1) is 0 Å². The predicted octanol–water partition coefficient (Wildman–Crippen LogP) is 1.30. The molecule has 2 N–H and O–H groups in total. The molecule has 0 aliphatic rings. The zero-order valence-electron chi connectivity index (χ0n) is 5.07. The van der Waals surface area contributed by atoms with E-state index in [1.54, 1.807) is 0 Å². The van der Waals surface area contributed by atoms with Crippen LogP contribution in [0.3, 0.4) is 0 Å². The van der Waals surface area contributed by atoms with Gasteiger partial charge in [-0.2, -0.15) is 0 Å². The topological polar surface area (TPSA) is 26.0 Å². The summed E-state index contributed by atoms with van der Waals surface area (Å²) in [5.41, 5.74) is 6.57. The molecule has 0 rings (SSSR count). The zero-order chi connectivity index (χ0) is 5.70. The van der Waals surface area contributed by atoms with E-state index < -0.39 is 0 Å². The minimum Gasteiger partial charge on any atom is -0.327 e. The van der Waals surface area contributed by atoms with Crippen molar-refractivity contribution in [2.24, 2.45) is 5.73 Å². The van der Waals surface area contributed by atoms with Gasteiger partial charge in [0.1, 0.15) is 0 Å². The maximum atomic E-state index is 5.29. The molecule has 0 saturated heterocycles. The van der Waals surface area contributed by atoms with Crippen molar-refractivity contribution in [3.8, 4) is 0 Å². The summed E-state index contributed by atoms with van der Waals surface area (Å²) in [5.74, 6) is 0. The third kappa shape index (κ3) is 3.53. The average Bonchev–Trinajstić information content (AvgIpc) is 1.68. The first-order valence-electron chi connectivity index (χ1n) is 2.67. The first-order chi connectivity index (χ1) is 3.31. The molecule has 0 radical (unpaired) electrons. The largest absolute Gasteiger partial charge is 0.327 e. The average molecular weight is 99.2 g/mol. The summed E-state index contributed by atoms with van der Waals surface area (Å²) < 4.78 is 0. The van der Waals surface area contributed by atoms with Crippen LogP contribution in [0.25, 0.3) is 0 Å². The van der Waals surface area contributed by atoms with Crippen molar-refractivity contribution in [3.63, 3.8) is 0 Å². The number of allylic oxidation sites excluding steroid dienone is 1. The second kappa shape index (κ2) is 3.88. The quantitative estimate of drug-likeness (QED) is 0.519. The molecule has 0 aromatic carbocycles. The molecular weight excluding hydrogens is 86.1 g/mol. The van der Waals surface area contributed by atoms with Crippen molar-refractivity contribution in [2.75, 3.05) is 6.54 Å². The number of nitrogens with two attached hydrogens (primary N) is 1. The number of rotatable bonds is 2. The summed E-state index contributed by atoms with van der Waals surface area (Å²) in [5, 5.41) is 0. The van der Waals surface area contributed by atoms with Gasteiger partial charge in [-0.3, -0.25) is 0 Å². The van der Waals surface area contributed by atoms with Gasteiger partial charge in [-0.1, -0.05) is 18.6 Å². The molecule has 1 heteroatoms. The van der Waals surface area contributed by atoms with Crippen molar-refractivity contribution in [1.29, 1.82) is 0 Å². The van der Waals surface area contributed by atoms with Gasteiger partial charge < -0.3 is 5.73 Å². The lowest BCUT2D eigenvalue weighted by molar-refractivity contribution is 1.09. The molecular formula is C6H13N. The van der Waals surface area contributed by atoms with Gasteiger partial charge in [0.2, 0.25) is 0 Å². The highest BCUT2D eigenvalue weighted by Gasteiger charge is 1.76.